The van der Waals surface area contributed by atoms with E-state index < -0.39 is 0 Å². The van der Waals surface area contributed by atoms with E-state index in [1.807, 2.05) is 0 Å². The van der Waals surface area contributed by atoms with Gasteiger partial charge in [-0.25, -0.2) is 0 Å². The van der Waals surface area contributed by atoms with Gasteiger partial charge in [-0.1, -0.05) is 330 Å². The third kappa shape index (κ3) is 51.9. The van der Waals surface area contributed by atoms with Gasteiger partial charge < -0.3 is 9.80 Å². The maximum absolute atomic E-state index is 2.95. The maximum atomic E-state index is 2.95. The average molecular weight is 1020 g/mol. The largest absolute Gasteiger partial charge is 0.303 e. The molecule has 1 aliphatic rings. The van der Waals surface area contributed by atoms with Gasteiger partial charge in [0.25, 0.3) is 0 Å². The van der Waals surface area contributed by atoms with E-state index in [1.165, 1.54) is 386 Å². The summed E-state index contributed by atoms with van der Waals surface area (Å²) in [5.74, 6) is 0. The van der Waals surface area contributed by atoms with Gasteiger partial charge in [0.1, 0.15) is 0 Å². The molecular formula is C68H142N4. The van der Waals surface area contributed by atoms with Crippen LogP contribution in [0, 0.1) is 0 Å². The highest BCUT2D eigenvalue weighted by molar-refractivity contribution is 4.82. The molecule has 0 aliphatic carbocycles. The first-order chi connectivity index (χ1) is 35.6. The second kappa shape index (κ2) is 61.7. The normalized spacial score (nSPS) is 14.5. The first-order valence-electron chi connectivity index (χ1n) is 34.5. The minimum Gasteiger partial charge on any atom is -0.303 e. The molecule has 0 spiro atoms. The fraction of sp³-hybridized carbons (Fsp3) is 1.00. The summed E-state index contributed by atoms with van der Waals surface area (Å²) in [6.45, 7) is 25.6. The second-order valence-corrected chi connectivity index (χ2v) is 24.1. The van der Waals surface area contributed by atoms with Gasteiger partial charge in [-0.15, -0.1) is 0 Å². The third-order valence-corrected chi connectivity index (χ3v) is 16.7. The van der Waals surface area contributed by atoms with Crippen molar-refractivity contribution in [1.29, 1.82) is 0 Å². The molecule has 1 saturated heterocycles. The van der Waals surface area contributed by atoms with E-state index in [0.29, 0.717) is 6.17 Å². The summed E-state index contributed by atoms with van der Waals surface area (Å²) < 4.78 is 0. The monoisotopic (exact) mass is 1020 g/mol. The molecule has 1 atom stereocenters. The highest BCUT2D eigenvalue weighted by Crippen LogP contribution is 2.20. The molecule has 0 radical (unpaired) electrons. The number of unbranched alkanes of at least 4 members (excludes halogenated alkanes) is 45. The molecule has 1 rings (SSSR count). The Morgan fingerprint density at radius 3 is 0.792 bits per heavy atom. The van der Waals surface area contributed by atoms with E-state index in [0.717, 1.165) is 0 Å². The van der Waals surface area contributed by atoms with Gasteiger partial charge >= 0.3 is 0 Å². The Balaban J connectivity index is 0.00000155. The van der Waals surface area contributed by atoms with E-state index >= 15 is 0 Å². The zero-order valence-corrected chi connectivity index (χ0v) is 51.8. The van der Waals surface area contributed by atoms with E-state index in [1.54, 1.807) is 0 Å². The zero-order chi connectivity index (χ0) is 52.3. The minimum absolute atomic E-state index is 0.643. The summed E-state index contributed by atoms with van der Waals surface area (Å²) in [7, 11) is 2.37. The lowest BCUT2D eigenvalue weighted by Gasteiger charge is -2.46. The molecule has 434 valence electrons. The lowest BCUT2D eigenvalue weighted by molar-refractivity contribution is -0.0172. The van der Waals surface area contributed by atoms with Crippen LogP contribution < -0.4 is 0 Å². The quantitative estimate of drug-likeness (QED) is 0.0563. The molecule has 0 saturated carbocycles. The average Bonchev–Trinajstić information content (AvgIpc) is 3.39. The molecule has 72 heavy (non-hydrogen) atoms. The molecule has 0 amide bonds. The highest BCUT2D eigenvalue weighted by atomic mass is 15.4. The van der Waals surface area contributed by atoms with Gasteiger partial charge in [0.2, 0.25) is 0 Å². The molecule has 0 aromatic carbocycles. The number of rotatable bonds is 58. The van der Waals surface area contributed by atoms with Crippen molar-refractivity contribution >= 4 is 0 Å². The van der Waals surface area contributed by atoms with Crippen molar-refractivity contribution in [3.05, 3.63) is 0 Å². The van der Waals surface area contributed by atoms with Crippen LogP contribution in [0.15, 0.2) is 0 Å². The highest BCUT2D eigenvalue weighted by Gasteiger charge is 2.29. The third-order valence-electron chi connectivity index (χ3n) is 16.7. The van der Waals surface area contributed by atoms with Crippen LogP contribution >= 0.6 is 0 Å². The molecule has 1 fully saturated rings. The van der Waals surface area contributed by atoms with Crippen molar-refractivity contribution < 1.29 is 0 Å². The number of piperazine rings is 1. The molecule has 1 aliphatic heterocycles. The molecule has 0 aromatic rings. The summed E-state index contributed by atoms with van der Waals surface area (Å²) in [5.41, 5.74) is 0. The van der Waals surface area contributed by atoms with Crippen LogP contribution in [0.1, 0.15) is 369 Å². The van der Waals surface area contributed by atoms with Crippen LogP contribution in [-0.2, 0) is 0 Å². The Hall–Kier alpha value is -0.160. The van der Waals surface area contributed by atoms with Crippen molar-refractivity contribution in [2.45, 2.75) is 375 Å². The lowest BCUT2D eigenvalue weighted by Crippen LogP contribution is -2.59. The minimum atomic E-state index is 0.643. The first-order valence-corrected chi connectivity index (χ1v) is 34.5. The van der Waals surface area contributed by atoms with Gasteiger partial charge in [0, 0.05) is 19.6 Å². The number of hydrogen-bond acceptors (Lipinski definition) is 4. The van der Waals surface area contributed by atoms with Gasteiger partial charge in [-0.05, 0) is 84.8 Å². The molecule has 1 heterocycles. The first kappa shape index (κ1) is 71.8. The Morgan fingerprint density at radius 2 is 0.514 bits per heavy atom. The fourth-order valence-electron chi connectivity index (χ4n) is 11.7. The van der Waals surface area contributed by atoms with Gasteiger partial charge in [0.15, 0.2) is 0 Å². The molecule has 4 nitrogen and oxygen atoms in total. The zero-order valence-electron chi connectivity index (χ0n) is 51.8. The molecule has 1 unspecified atom stereocenters. The van der Waals surface area contributed by atoms with Gasteiger partial charge in [-0.2, -0.15) is 0 Å². The number of nitrogens with zero attached hydrogens (tertiary/aromatic N) is 4. The van der Waals surface area contributed by atoms with Crippen molar-refractivity contribution in [2.24, 2.45) is 0 Å². The molecule has 0 aromatic heterocycles. The SMILES string of the molecule is CCCCCCCCCCCCN(CCC)CCCCCCCCCCCC.CCCCCCCCCCCCN(CCCCCCCCCCCC)C1CN(C)CCN1CCCCCCCCCCCC. The van der Waals surface area contributed by atoms with E-state index in [9.17, 15) is 0 Å². The maximum Gasteiger partial charge on any atom is 0.0754 e. The Kier molecular flexibility index (Phi) is 61.6. The van der Waals surface area contributed by atoms with Crippen LogP contribution in [0.2, 0.25) is 0 Å². The fourth-order valence-corrected chi connectivity index (χ4v) is 11.7. The lowest BCUT2D eigenvalue weighted by atomic mass is 10.1. The van der Waals surface area contributed by atoms with Gasteiger partial charge in [-0.3, -0.25) is 9.80 Å². The van der Waals surface area contributed by atoms with Crippen LogP contribution in [-0.4, -0.2) is 91.7 Å². The Morgan fingerprint density at radius 1 is 0.264 bits per heavy atom. The number of likely N-dealkylation sites (N-methyl/N-ethyl adjacent to an activating group) is 1. The van der Waals surface area contributed by atoms with Crippen molar-refractivity contribution in [2.75, 3.05) is 66.0 Å². The summed E-state index contributed by atoms with van der Waals surface area (Å²) in [5, 5.41) is 0. The molecule has 0 N–H and O–H groups in total. The Bertz CT molecular complexity index is 909. The van der Waals surface area contributed by atoms with Crippen LogP contribution in [0.3, 0.4) is 0 Å². The number of hydrogen-bond donors (Lipinski definition) is 0. The van der Waals surface area contributed by atoms with E-state index in [-0.39, 0.29) is 0 Å². The molecule has 4 heteroatoms. The van der Waals surface area contributed by atoms with Crippen LogP contribution in [0.25, 0.3) is 0 Å². The predicted octanol–water partition coefficient (Wildman–Crippen LogP) is 22.2. The van der Waals surface area contributed by atoms with E-state index in [2.05, 4.69) is 68.2 Å². The van der Waals surface area contributed by atoms with Crippen molar-refractivity contribution in [3.8, 4) is 0 Å². The summed E-state index contributed by atoms with van der Waals surface area (Å²) in [6, 6.07) is 0. The van der Waals surface area contributed by atoms with Gasteiger partial charge in [0.05, 0.1) is 6.17 Å². The molecular weight excluding hydrogens is 873 g/mol. The Labute approximate surface area is 458 Å². The smallest absolute Gasteiger partial charge is 0.0754 e. The summed E-state index contributed by atoms with van der Waals surface area (Å²) >= 11 is 0. The standard InChI is InChI=1S/C41H85N3.C27H57N/c1-5-8-11-14-17-20-23-26-29-32-35-43(36-33-30-27-24-21-18-15-12-9-6-2)41-40-42(4)38-39-44(41)37-34-31-28-25-22-19-16-13-10-7-3;1-4-7-9-11-13-15-17-19-21-23-26-28(25-6-3)27-24-22-20-18-16-14-12-10-8-5-2/h41H,5-40H2,1-4H3;4-27H2,1-3H3. The summed E-state index contributed by atoms with van der Waals surface area (Å²) in [6.07, 6.45) is 74.1. The van der Waals surface area contributed by atoms with E-state index in [4.69, 9.17) is 0 Å². The van der Waals surface area contributed by atoms with Crippen molar-refractivity contribution in [1.82, 2.24) is 19.6 Å². The predicted molar refractivity (Wildman–Crippen MR) is 330 cm³/mol. The second-order valence-electron chi connectivity index (χ2n) is 24.1. The van der Waals surface area contributed by atoms with Crippen LogP contribution in [0.4, 0.5) is 0 Å². The topological polar surface area (TPSA) is 13.0 Å². The summed E-state index contributed by atoms with van der Waals surface area (Å²) in [4.78, 5) is 11.2. The molecule has 0 bridgehead atoms. The van der Waals surface area contributed by atoms with Crippen LogP contribution in [0.5, 0.6) is 0 Å². The van der Waals surface area contributed by atoms with Crippen molar-refractivity contribution in [3.63, 3.8) is 0 Å².